The molecule has 2 fully saturated rings. The summed E-state index contributed by atoms with van der Waals surface area (Å²) in [6, 6.07) is 11.5. The fraction of sp³-hybridized carbons (Fsp3) is 0.652. The lowest BCUT2D eigenvalue weighted by atomic mass is 9.84. The fourth-order valence-electron chi connectivity index (χ4n) is 4.87. The van der Waals surface area contributed by atoms with Gasteiger partial charge >= 0.3 is 0 Å². The van der Waals surface area contributed by atoms with E-state index in [1.807, 2.05) is 21.1 Å². The predicted molar refractivity (Wildman–Crippen MR) is 134 cm³/mol. The number of nitrogens with one attached hydrogen (secondary N) is 2. The zero-order chi connectivity index (χ0) is 20.9. The Labute approximate surface area is 198 Å². The number of carbonyl (C=O) groups excluding carboxylic acids is 1. The lowest BCUT2D eigenvalue weighted by molar-refractivity contribution is -0.138. The van der Waals surface area contributed by atoms with Crippen LogP contribution in [0.1, 0.15) is 44.6 Å². The summed E-state index contributed by atoms with van der Waals surface area (Å²) >= 11 is 0. The van der Waals surface area contributed by atoms with Crippen molar-refractivity contribution in [1.29, 1.82) is 0 Å². The second-order valence-corrected chi connectivity index (χ2v) is 8.95. The van der Waals surface area contributed by atoms with E-state index in [1.165, 1.54) is 5.56 Å². The van der Waals surface area contributed by atoms with E-state index in [-0.39, 0.29) is 35.3 Å². The topological polar surface area (TPSA) is 60.0 Å². The Morgan fingerprint density at radius 2 is 1.90 bits per heavy atom. The molecule has 1 aromatic rings. The molecule has 1 saturated heterocycles. The number of hydrogen-bond donors (Lipinski definition) is 2. The summed E-state index contributed by atoms with van der Waals surface area (Å²) in [6.07, 6.45) is 5.26. The van der Waals surface area contributed by atoms with Crippen LogP contribution in [0.25, 0.3) is 0 Å². The van der Waals surface area contributed by atoms with E-state index in [0.29, 0.717) is 18.6 Å². The van der Waals surface area contributed by atoms with Crippen molar-refractivity contribution in [2.45, 2.75) is 57.7 Å². The third kappa shape index (κ3) is 6.09. The Bertz CT molecular complexity index is 703. The second kappa shape index (κ2) is 11.3. The monoisotopic (exact) mass is 527 g/mol. The molecule has 168 valence electrons. The number of hydrogen-bond acceptors (Lipinski definition) is 3. The van der Waals surface area contributed by atoms with Crippen LogP contribution in [-0.4, -0.2) is 68.0 Å². The molecule has 1 aromatic carbocycles. The molecule has 0 radical (unpaired) electrons. The van der Waals surface area contributed by atoms with E-state index >= 15 is 0 Å². The smallest absolute Gasteiger partial charge is 0.230 e. The van der Waals surface area contributed by atoms with Crippen molar-refractivity contribution in [3.63, 3.8) is 0 Å². The van der Waals surface area contributed by atoms with E-state index < -0.39 is 0 Å². The molecule has 7 heteroatoms. The van der Waals surface area contributed by atoms with Crippen LogP contribution in [0.4, 0.5) is 0 Å². The molecule has 3 rings (SSSR count). The molecule has 1 aliphatic carbocycles. The number of amides is 1. The molecular formula is C23H38IN5O. The van der Waals surface area contributed by atoms with Crippen LogP contribution in [0, 0.1) is 5.41 Å². The molecule has 1 aliphatic heterocycles. The van der Waals surface area contributed by atoms with Gasteiger partial charge in [-0.25, -0.2) is 0 Å². The summed E-state index contributed by atoms with van der Waals surface area (Å²) in [7, 11) is 5.53. The Morgan fingerprint density at radius 3 is 2.50 bits per heavy atom. The molecule has 0 aromatic heterocycles. The molecule has 2 atom stereocenters. The maximum Gasteiger partial charge on any atom is 0.230 e. The minimum atomic E-state index is -0.288. The highest BCUT2D eigenvalue weighted by atomic mass is 127. The molecule has 1 heterocycles. The summed E-state index contributed by atoms with van der Waals surface area (Å²) in [5.41, 5.74) is 1.07. The van der Waals surface area contributed by atoms with E-state index in [0.717, 1.165) is 51.2 Å². The number of rotatable bonds is 6. The summed E-state index contributed by atoms with van der Waals surface area (Å²) in [4.78, 5) is 21.5. The van der Waals surface area contributed by atoms with Crippen LogP contribution in [0.15, 0.2) is 35.3 Å². The van der Waals surface area contributed by atoms with Crippen molar-refractivity contribution in [2.75, 3.05) is 34.2 Å². The van der Waals surface area contributed by atoms with Crippen molar-refractivity contribution >= 4 is 35.8 Å². The number of aliphatic imine (C=N–C) groups is 1. The molecular weight excluding hydrogens is 489 g/mol. The van der Waals surface area contributed by atoms with Crippen LogP contribution < -0.4 is 10.6 Å². The first-order valence-electron chi connectivity index (χ1n) is 10.9. The van der Waals surface area contributed by atoms with Gasteiger partial charge in [-0.05, 0) is 31.7 Å². The van der Waals surface area contributed by atoms with Crippen molar-refractivity contribution < 1.29 is 4.79 Å². The van der Waals surface area contributed by atoms with Gasteiger partial charge in [-0.3, -0.25) is 14.7 Å². The third-order valence-corrected chi connectivity index (χ3v) is 6.51. The Kier molecular flexibility index (Phi) is 9.40. The predicted octanol–water partition coefficient (Wildman–Crippen LogP) is 3.08. The Balaban J connectivity index is 0.00000320. The normalized spacial score (nSPS) is 23.7. The van der Waals surface area contributed by atoms with E-state index in [9.17, 15) is 4.79 Å². The first kappa shape index (κ1) is 24.9. The van der Waals surface area contributed by atoms with Gasteiger partial charge in [0, 0.05) is 52.9 Å². The van der Waals surface area contributed by atoms with Crippen molar-refractivity contribution in [3.8, 4) is 0 Å². The molecule has 30 heavy (non-hydrogen) atoms. The number of guanidine groups is 1. The zero-order valence-electron chi connectivity index (χ0n) is 18.9. The molecule has 1 saturated carbocycles. The number of carbonyl (C=O) groups is 1. The standard InChI is InChI=1S/C23H37N5O.HI/c1-18-14-20(16-28(18)15-19-10-6-5-7-11-19)26-22(24-2)25-17-23(12-8-9-13-23)21(29)27(3)4;/h5-7,10-11,18,20H,8-9,12-17H2,1-4H3,(H2,24,25,26);1H. The van der Waals surface area contributed by atoms with Crippen LogP contribution in [0.5, 0.6) is 0 Å². The fourth-order valence-corrected chi connectivity index (χ4v) is 4.87. The maximum atomic E-state index is 12.8. The molecule has 2 aliphatic rings. The first-order chi connectivity index (χ1) is 13.9. The lowest BCUT2D eigenvalue weighted by Gasteiger charge is -2.31. The highest BCUT2D eigenvalue weighted by molar-refractivity contribution is 14.0. The quantitative estimate of drug-likeness (QED) is 0.339. The largest absolute Gasteiger partial charge is 0.355 e. The zero-order valence-corrected chi connectivity index (χ0v) is 21.2. The van der Waals surface area contributed by atoms with Gasteiger partial charge in [-0.15, -0.1) is 24.0 Å². The Morgan fingerprint density at radius 1 is 1.23 bits per heavy atom. The van der Waals surface area contributed by atoms with Crippen molar-refractivity contribution in [1.82, 2.24) is 20.4 Å². The minimum Gasteiger partial charge on any atom is -0.355 e. The molecule has 2 unspecified atom stereocenters. The van der Waals surface area contributed by atoms with Gasteiger partial charge in [-0.2, -0.15) is 0 Å². The van der Waals surface area contributed by atoms with E-state index in [1.54, 1.807) is 4.90 Å². The number of halogens is 1. The Hall–Kier alpha value is -1.35. The highest BCUT2D eigenvalue weighted by Crippen LogP contribution is 2.38. The van der Waals surface area contributed by atoms with Gasteiger partial charge in [0.15, 0.2) is 5.96 Å². The van der Waals surface area contributed by atoms with Gasteiger partial charge in [0.2, 0.25) is 5.91 Å². The molecule has 0 bridgehead atoms. The van der Waals surface area contributed by atoms with Gasteiger partial charge in [0.1, 0.15) is 0 Å². The van der Waals surface area contributed by atoms with Gasteiger partial charge in [0.25, 0.3) is 0 Å². The average Bonchev–Trinajstić information content (AvgIpc) is 3.33. The number of likely N-dealkylation sites (tertiary alicyclic amines) is 1. The highest BCUT2D eigenvalue weighted by Gasteiger charge is 2.42. The van der Waals surface area contributed by atoms with Crippen LogP contribution in [0.3, 0.4) is 0 Å². The summed E-state index contributed by atoms with van der Waals surface area (Å²) in [6.45, 7) is 4.93. The molecule has 2 N–H and O–H groups in total. The SMILES string of the molecule is CN=C(NCC1(C(=O)N(C)C)CCCC1)NC1CC(C)N(Cc2ccccc2)C1.I. The van der Waals surface area contributed by atoms with Crippen LogP contribution >= 0.6 is 24.0 Å². The number of benzene rings is 1. The average molecular weight is 527 g/mol. The summed E-state index contributed by atoms with van der Waals surface area (Å²) in [5, 5.41) is 7.06. The van der Waals surface area contributed by atoms with Gasteiger partial charge < -0.3 is 15.5 Å². The van der Waals surface area contributed by atoms with Gasteiger partial charge in [-0.1, -0.05) is 43.2 Å². The van der Waals surface area contributed by atoms with Crippen LogP contribution in [-0.2, 0) is 11.3 Å². The number of nitrogens with zero attached hydrogens (tertiary/aromatic N) is 3. The maximum absolute atomic E-state index is 12.8. The van der Waals surface area contributed by atoms with Crippen molar-refractivity contribution in [2.24, 2.45) is 10.4 Å². The molecule has 1 amide bonds. The summed E-state index contributed by atoms with van der Waals surface area (Å²) < 4.78 is 0. The van der Waals surface area contributed by atoms with E-state index in [4.69, 9.17) is 0 Å². The third-order valence-electron chi connectivity index (χ3n) is 6.51. The molecule has 0 spiro atoms. The second-order valence-electron chi connectivity index (χ2n) is 8.95. The van der Waals surface area contributed by atoms with Gasteiger partial charge in [0.05, 0.1) is 5.41 Å². The summed E-state index contributed by atoms with van der Waals surface area (Å²) in [5.74, 6) is 1.04. The van der Waals surface area contributed by atoms with Crippen molar-refractivity contribution in [3.05, 3.63) is 35.9 Å². The minimum absolute atomic E-state index is 0. The molecule has 6 nitrogen and oxygen atoms in total. The van der Waals surface area contributed by atoms with Crippen LogP contribution in [0.2, 0.25) is 0 Å². The van der Waals surface area contributed by atoms with E-state index in [2.05, 4.69) is 57.8 Å². The lowest BCUT2D eigenvalue weighted by Crippen LogP contribution is -2.51. The first-order valence-corrected chi connectivity index (χ1v) is 10.9.